The highest BCUT2D eigenvalue weighted by molar-refractivity contribution is 8.00. The third-order valence-electron chi connectivity index (χ3n) is 7.51. The lowest BCUT2D eigenvalue weighted by Crippen LogP contribution is -2.53. The average molecular weight is 459 g/mol. The molecular formula is C31H30BNS. The highest BCUT2D eigenvalue weighted by Gasteiger charge is 2.42. The molecule has 0 bridgehead atoms. The van der Waals surface area contributed by atoms with E-state index in [2.05, 4.69) is 112 Å². The van der Waals surface area contributed by atoms with Gasteiger partial charge < -0.3 is 4.81 Å². The number of nitrogens with zero attached hydrogens (tertiary/aromatic N) is 1. The molecule has 0 unspecified atom stereocenters. The number of thioether (sulfide) groups is 1. The van der Waals surface area contributed by atoms with Crippen LogP contribution in [0.1, 0.15) is 44.3 Å². The second kappa shape index (κ2) is 8.10. The molecule has 4 aromatic rings. The lowest BCUT2D eigenvalue weighted by atomic mass is 9.47. The van der Waals surface area contributed by atoms with Gasteiger partial charge in [0, 0.05) is 10.6 Å². The standard InChI is InChI=1S/C31H30BNS/c1-19-15-22(4)30(23(5)16-19)32-18-24-17-20(2)14-21(3)29(24)25-10-6-7-11-26(25)31-33(32)27-12-8-9-13-28(27)34-31/h6-17,31H,18H2,1-5H3/t31-/m0/s1. The lowest BCUT2D eigenvalue weighted by molar-refractivity contribution is 0.991. The average Bonchev–Trinajstić information content (AvgIpc) is 3.15. The molecule has 0 fully saturated rings. The van der Waals surface area contributed by atoms with Crippen LogP contribution in [0.2, 0.25) is 0 Å². The molecule has 4 aromatic carbocycles. The van der Waals surface area contributed by atoms with Gasteiger partial charge in [0.05, 0.1) is 5.37 Å². The van der Waals surface area contributed by atoms with Crippen molar-refractivity contribution in [3.8, 4) is 11.1 Å². The van der Waals surface area contributed by atoms with E-state index in [0.29, 0.717) is 0 Å². The van der Waals surface area contributed by atoms with Gasteiger partial charge in [-0.15, -0.1) is 0 Å². The lowest BCUT2D eigenvalue weighted by Gasteiger charge is -2.38. The fourth-order valence-corrected chi connectivity index (χ4v) is 7.82. The Labute approximate surface area is 208 Å². The molecule has 0 amide bonds. The van der Waals surface area contributed by atoms with E-state index in [1.54, 1.807) is 0 Å². The molecule has 2 aliphatic heterocycles. The smallest absolute Gasteiger partial charge is 0.295 e. The Kier molecular flexibility index (Phi) is 5.15. The molecule has 0 radical (unpaired) electrons. The van der Waals surface area contributed by atoms with Crippen molar-refractivity contribution in [2.45, 2.75) is 51.2 Å². The van der Waals surface area contributed by atoms with E-state index in [-0.39, 0.29) is 12.2 Å². The van der Waals surface area contributed by atoms with E-state index in [4.69, 9.17) is 0 Å². The van der Waals surface area contributed by atoms with Crippen molar-refractivity contribution < 1.29 is 0 Å². The zero-order valence-corrected chi connectivity index (χ0v) is 21.5. The van der Waals surface area contributed by atoms with Crippen LogP contribution >= 0.6 is 11.8 Å². The number of aryl methyl sites for hydroxylation is 5. The molecule has 0 N–H and O–H groups in total. The summed E-state index contributed by atoms with van der Waals surface area (Å²) < 4.78 is 0. The number of hydrogen-bond acceptors (Lipinski definition) is 2. The maximum Gasteiger partial charge on any atom is 0.295 e. The van der Waals surface area contributed by atoms with Crippen LogP contribution in [0.15, 0.2) is 77.7 Å². The van der Waals surface area contributed by atoms with Crippen molar-refractivity contribution in [3.05, 3.63) is 112 Å². The van der Waals surface area contributed by atoms with Gasteiger partial charge in [-0.2, -0.15) is 0 Å². The van der Waals surface area contributed by atoms with E-state index in [0.717, 1.165) is 6.32 Å². The van der Waals surface area contributed by atoms with Gasteiger partial charge in [0.15, 0.2) is 0 Å². The first kappa shape index (κ1) is 21.6. The summed E-state index contributed by atoms with van der Waals surface area (Å²) in [7, 11) is 0. The fraction of sp³-hybridized carbons (Fsp3) is 0.226. The van der Waals surface area contributed by atoms with Gasteiger partial charge >= 0.3 is 0 Å². The monoisotopic (exact) mass is 459 g/mol. The molecule has 0 saturated carbocycles. The van der Waals surface area contributed by atoms with E-state index in [9.17, 15) is 0 Å². The van der Waals surface area contributed by atoms with Crippen molar-refractivity contribution in [1.29, 1.82) is 0 Å². The van der Waals surface area contributed by atoms with Crippen molar-refractivity contribution >= 4 is 29.8 Å². The summed E-state index contributed by atoms with van der Waals surface area (Å²) in [6, 6.07) is 27.6. The molecule has 0 aliphatic carbocycles. The van der Waals surface area contributed by atoms with Gasteiger partial charge in [0.1, 0.15) is 0 Å². The Morgan fingerprint density at radius 2 is 1.41 bits per heavy atom. The zero-order valence-electron chi connectivity index (χ0n) is 20.6. The Morgan fingerprint density at radius 1 is 0.765 bits per heavy atom. The highest BCUT2D eigenvalue weighted by atomic mass is 32.2. The van der Waals surface area contributed by atoms with Crippen LogP contribution in [-0.2, 0) is 6.32 Å². The summed E-state index contributed by atoms with van der Waals surface area (Å²) >= 11 is 2.01. The van der Waals surface area contributed by atoms with Crippen molar-refractivity contribution in [2.24, 2.45) is 0 Å². The van der Waals surface area contributed by atoms with E-state index in [1.165, 1.54) is 66.1 Å². The van der Waals surface area contributed by atoms with E-state index in [1.807, 2.05) is 11.8 Å². The molecule has 2 aliphatic rings. The fourth-order valence-electron chi connectivity index (χ4n) is 6.42. The Morgan fingerprint density at radius 3 is 2.21 bits per heavy atom. The molecule has 0 aromatic heterocycles. The van der Waals surface area contributed by atoms with Crippen LogP contribution in [0.3, 0.4) is 0 Å². The molecule has 1 atom stereocenters. The zero-order chi connectivity index (χ0) is 23.6. The summed E-state index contributed by atoms with van der Waals surface area (Å²) in [5.74, 6) is 0. The minimum Gasteiger partial charge on any atom is -0.394 e. The predicted molar refractivity (Wildman–Crippen MR) is 149 cm³/mol. The van der Waals surface area contributed by atoms with Crippen LogP contribution in [0, 0.1) is 34.6 Å². The van der Waals surface area contributed by atoms with E-state index < -0.39 is 0 Å². The van der Waals surface area contributed by atoms with Gasteiger partial charge in [-0.3, -0.25) is 0 Å². The maximum atomic E-state index is 2.73. The summed E-state index contributed by atoms with van der Waals surface area (Å²) in [5, 5.41) is 0.257. The SMILES string of the molecule is Cc1cc(C)c(B2Cc3cc(C)cc(C)c3-c3ccccc3[C@@H]3Sc4ccccc4N23)c(C)c1. The third-order valence-corrected chi connectivity index (χ3v) is 8.82. The molecule has 34 heavy (non-hydrogen) atoms. The number of anilines is 1. The minimum atomic E-state index is 0.257. The van der Waals surface area contributed by atoms with Gasteiger partial charge in [-0.05, 0) is 86.4 Å². The molecule has 6 rings (SSSR count). The Hall–Kier alpha value is -2.91. The molecule has 2 heterocycles. The molecule has 3 heteroatoms. The van der Waals surface area contributed by atoms with Crippen LogP contribution in [0.25, 0.3) is 11.1 Å². The summed E-state index contributed by atoms with van der Waals surface area (Å²) in [6.45, 7) is 11.6. The van der Waals surface area contributed by atoms with Gasteiger partial charge in [0.25, 0.3) is 6.85 Å². The molecular weight excluding hydrogens is 429 g/mol. The first-order chi connectivity index (χ1) is 16.4. The maximum absolute atomic E-state index is 2.73. The second-order valence-electron chi connectivity index (χ2n) is 10.1. The number of para-hydroxylation sites is 1. The first-order valence-corrected chi connectivity index (χ1v) is 13.1. The Balaban J connectivity index is 1.69. The van der Waals surface area contributed by atoms with Crippen molar-refractivity contribution in [3.63, 3.8) is 0 Å². The van der Waals surface area contributed by atoms with Crippen LogP contribution < -0.4 is 10.3 Å². The number of rotatable bonds is 1. The molecule has 0 spiro atoms. The normalized spacial score (nSPS) is 16.3. The van der Waals surface area contributed by atoms with Gasteiger partial charge in [0.2, 0.25) is 0 Å². The minimum absolute atomic E-state index is 0.257. The number of hydrogen-bond donors (Lipinski definition) is 0. The van der Waals surface area contributed by atoms with Gasteiger partial charge in [-0.1, -0.05) is 94.7 Å². The topological polar surface area (TPSA) is 3.24 Å². The first-order valence-electron chi connectivity index (χ1n) is 12.2. The summed E-state index contributed by atoms with van der Waals surface area (Å²) in [5.41, 5.74) is 15.4. The molecule has 0 saturated heterocycles. The molecule has 1 nitrogen and oxygen atoms in total. The van der Waals surface area contributed by atoms with Crippen molar-refractivity contribution in [2.75, 3.05) is 4.81 Å². The largest absolute Gasteiger partial charge is 0.394 e. The van der Waals surface area contributed by atoms with Crippen LogP contribution in [0.4, 0.5) is 5.69 Å². The third kappa shape index (κ3) is 3.33. The Bertz CT molecular complexity index is 1420. The predicted octanol–water partition coefficient (Wildman–Crippen LogP) is 7.50. The summed E-state index contributed by atoms with van der Waals surface area (Å²) in [4.78, 5) is 4.11. The van der Waals surface area contributed by atoms with E-state index >= 15 is 0 Å². The van der Waals surface area contributed by atoms with Gasteiger partial charge in [-0.25, -0.2) is 0 Å². The second-order valence-corrected chi connectivity index (χ2v) is 11.2. The number of benzene rings is 4. The van der Waals surface area contributed by atoms with Crippen LogP contribution in [-0.4, -0.2) is 6.85 Å². The molecule has 168 valence electrons. The quantitative estimate of drug-likeness (QED) is 0.271. The highest BCUT2D eigenvalue weighted by Crippen LogP contribution is 2.55. The number of fused-ring (bicyclic) bond motifs is 7. The van der Waals surface area contributed by atoms with Crippen LogP contribution in [0.5, 0.6) is 0 Å². The van der Waals surface area contributed by atoms with Crippen molar-refractivity contribution in [1.82, 2.24) is 0 Å². The summed E-state index contributed by atoms with van der Waals surface area (Å²) in [6.07, 6.45) is 1.00.